The molecule has 12 nitrogen and oxygen atoms in total. The van der Waals surface area contributed by atoms with Crippen LogP contribution in [0.25, 0.3) is 0 Å². The molecule has 216 valence electrons. The second-order valence-electron chi connectivity index (χ2n) is 9.99. The van der Waals surface area contributed by atoms with E-state index < -0.39 is 60.2 Å². The van der Waals surface area contributed by atoms with Crippen molar-refractivity contribution >= 4 is 29.6 Å². The van der Waals surface area contributed by atoms with Crippen LogP contribution in [0.15, 0.2) is 54.6 Å². The molecule has 0 aliphatic rings. The van der Waals surface area contributed by atoms with Crippen molar-refractivity contribution in [3.8, 4) is 5.75 Å². The zero-order chi connectivity index (χ0) is 29.8. The Morgan fingerprint density at radius 3 is 1.80 bits per heavy atom. The van der Waals surface area contributed by atoms with Crippen LogP contribution in [-0.4, -0.2) is 64.0 Å². The molecule has 0 saturated heterocycles. The minimum Gasteiger partial charge on any atom is -0.508 e. The summed E-state index contributed by atoms with van der Waals surface area (Å²) in [6.45, 7) is 3.67. The molecule has 9 N–H and O–H groups in total. The summed E-state index contributed by atoms with van der Waals surface area (Å²) in [6.07, 6.45) is -0.226. The van der Waals surface area contributed by atoms with E-state index in [4.69, 9.17) is 11.5 Å². The number of aliphatic carboxylic acids is 1. The number of phenolic OH excluding ortho intramolecular Hbond substituents is 1. The van der Waals surface area contributed by atoms with E-state index in [2.05, 4.69) is 16.0 Å². The van der Waals surface area contributed by atoms with Crippen LogP contribution >= 0.6 is 0 Å². The van der Waals surface area contributed by atoms with E-state index in [-0.39, 0.29) is 30.9 Å². The highest BCUT2D eigenvalue weighted by Crippen LogP contribution is 2.13. The Bertz CT molecular complexity index is 1170. The van der Waals surface area contributed by atoms with E-state index >= 15 is 0 Å². The lowest BCUT2D eigenvalue weighted by Crippen LogP contribution is -2.58. The lowest BCUT2D eigenvalue weighted by atomic mass is 9.99. The maximum Gasteiger partial charge on any atom is 0.326 e. The summed E-state index contributed by atoms with van der Waals surface area (Å²) in [7, 11) is 0. The van der Waals surface area contributed by atoms with Crippen LogP contribution in [0.4, 0.5) is 0 Å². The molecule has 0 spiro atoms. The zero-order valence-corrected chi connectivity index (χ0v) is 22.5. The van der Waals surface area contributed by atoms with Gasteiger partial charge in [-0.05, 0) is 35.6 Å². The number of carboxylic acid groups (broad SMARTS) is 1. The van der Waals surface area contributed by atoms with Crippen molar-refractivity contribution < 1.29 is 34.2 Å². The van der Waals surface area contributed by atoms with Crippen molar-refractivity contribution in [2.75, 3.05) is 0 Å². The standard InChI is InChI=1S/C28H37N5O7/c1-16(2)12-21(26(37)33-23(28(39)40)14-17-6-4-3-5-7-17)32-27(38)22(13-18-8-10-19(34)11-9-18)31-25(36)20(29)15-24(30)35/h3-11,16,20-23,34H,12-15,29H2,1-2H3,(H2,30,35)(H,31,36)(H,32,38)(H,33,37)(H,39,40). The van der Waals surface area contributed by atoms with Gasteiger partial charge in [0.2, 0.25) is 23.6 Å². The number of nitrogens with one attached hydrogen (secondary N) is 3. The maximum absolute atomic E-state index is 13.4. The normalized spacial score (nSPS) is 13.9. The highest BCUT2D eigenvalue weighted by molar-refractivity contribution is 5.95. The molecule has 0 saturated carbocycles. The number of carboxylic acids is 1. The fourth-order valence-electron chi connectivity index (χ4n) is 3.96. The molecule has 4 unspecified atom stereocenters. The summed E-state index contributed by atoms with van der Waals surface area (Å²) >= 11 is 0. The van der Waals surface area contributed by atoms with Crippen LogP contribution in [0.3, 0.4) is 0 Å². The third-order valence-electron chi connectivity index (χ3n) is 6.00. The number of rotatable bonds is 15. The Morgan fingerprint density at radius 2 is 1.25 bits per heavy atom. The van der Waals surface area contributed by atoms with Gasteiger partial charge in [-0.25, -0.2) is 4.79 Å². The summed E-state index contributed by atoms with van der Waals surface area (Å²) in [6, 6.07) is 9.90. The SMILES string of the molecule is CC(C)CC(NC(=O)C(Cc1ccc(O)cc1)NC(=O)C(N)CC(N)=O)C(=O)NC(Cc1ccccc1)C(=O)O. The van der Waals surface area contributed by atoms with Crippen LogP contribution in [0.5, 0.6) is 5.75 Å². The molecule has 0 fully saturated rings. The van der Waals surface area contributed by atoms with E-state index in [1.165, 1.54) is 12.1 Å². The van der Waals surface area contributed by atoms with Gasteiger partial charge in [0.15, 0.2) is 0 Å². The largest absolute Gasteiger partial charge is 0.508 e. The molecule has 0 radical (unpaired) electrons. The first-order chi connectivity index (χ1) is 18.8. The fourth-order valence-corrected chi connectivity index (χ4v) is 3.96. The highest BCUT2D eigenvalue weighted by atomic mass is 16.4. The Labute approximate surface area is 232 Å². The number of carbonyl (C=O) groups is 5. The number of hydrogen-bond acceptors (Lipinski definition) is 7. The molecule has 2 rings (SSSR count). The molecule has 0 aliphatic heterocycles. The number of benzene rings is 2. The van der Waals surface area contributed by atoms with Crippen molar-refractivity contribution in [1.29, 1.82) is 0 Å². The van der Waals surface area contributed by atoms with E-state index in [0.717, 1.165) is 0 Å². The first-order valence-corrected chi connectivity index (χ1v) is 12.8. The van der Waals surface area contributed by atoms with Crippen LogP contribution in [-0.2, 0) is 36.8 Å². The summed E-state index contributed by atoms with van der Waals surface area (Å²) in [5.41, 5.74) is 12.2. The number of amides is 4. The van der Waals surface area contributed by atoms with Gasteiger partial charge < -0.3 is 37.6 Å². The lowest BCUT2D eigenvalue weighted by Gasteiger charge is -2.26. The molecule has 40 heavy (non-hydrogen) atoms. The quantitative estimate of drug-likeness (QED) is 0.158. The highest BCUT2D eigenvalue weighted by Gasteiger charge is 2.31. The molecule has 2 aromatic rings. The van der Waals surface area contributed by atoms with Crippen LogP contribution < -0.4 is 27.4 Å². The Balaban J connectivity index is 2.24. The van der Waals surface area contributed by atoms with Gasteiger partial charge in [0.1, 0.15) is 23.9 Å². The number of hydrogen-bond donors (Lipinski definition) is 7. The van der Waals surface area contributed by atoms with Crippen molar-refractivity contribution in [3.05, 3.63) is 65.7 Å². The monoisotopic (exact) mass is 555 g/mol. The molecule has 4 amide bonds. The molecule has 0 heterocycles. The average molecular weight is 556 g/mol. The van der Waals surface area contributed by atoms with Gasteiger partial charge in [0, 0.05) is 12.8 Å². The van der Waals surface area contributed by atoms with Crippen LogP contribution in [0.1, 0.15) is 37.8 Å². The predicted molar refractivity (Wildman–Crippen MR) is 147 cm³/mol. The molecule has 0 aliphatic carbocycles. The number of nitrogens with two attached hydrogens (primary N) is 2. The molecule has 0 aromatic heterocycles. The van der Waals surface area contributed by atoms with Gasteiger partial charge in [-0.1, -0.05) is 56.3 Å². The van der Waals surface area contributed by atoms with Crippen LogP contribution in [0.2, 0.25) is 0 Å². The first-order valence-electron chi connectivity index (χ1n) is 12.8. The number of carbonyl (C=O) groups excluding carboxylic acids is 4. The average Bonchev–Trinajstić information content (AvgIpc) is 2.88. The molecular weight excluding hydrogens is 518 g/mol. The summed E-state index contributed by atoms with van der Waals surface area (Å²) in [5.74, 6) is -4.27. The summed E-state index contributed by atoms with van der Waals surface area (Å²) < 4.78 is 0. The lowest BCUT2D eigenvalue weighted by molar-refractivity contribution is -0.142. The summed E-state index contributed by atoms with van der Waals surface area (Å²) in [5, 5.41) is 26.9. The molecule has 0 bridgehead atoms. The number of primary amides is 1. The van der Waals surface area contributed by atoms with E-state index in [1.807, 2.05) is 13.8 Å². The zero-order valence-electron chi connectivity index (χ0n) is 22.5. The number of aromatic hydroxyl groups is 1. The second-order valence-corrected chi connectivity index (χ2v) is 9.99. The molecule has 2 aromatic carbocycles. The van der Waals surface area contributed by atoms with E-state index in [1.54, 1.807) is 42.5 Å². The van der Waals surface area contributed by atoms with Crippen LogP contribution in [0, 0.1) is 5.92 Å². The Morgan fingerprint density at radius 1 is 0.750 bits per heavy atom. The van der Waals surface area contributed by atoms with Crippen molar-refractivity contribution in [3.63, 3.8) is 0 Å². The van der Waals surface area contributed by atoms with Crippen molar-refractivity contribution in [2.45, 2.75) is 63.7 Å². The topological polar surface area (TPSA) is 214 Å². The van der Waals surface area contributed by atoms with Gasteiger partial charge in [0.25, 0.3) is 0 Å². The summed E-state index contributed by atoms with van der Waals surface area (Å²) in [4.78, 5) is 62.3. The maximum atomic E-state index is 13.4. The first kappa shape index (κ1) is 31.8. The smallest absolute Gasteiger partial charge is 0.326 e. The fraction of sp³-hybridized carbons (Fsp3) is 0.393. The van der Waals surface area contributed by atoms with Gasteiger partial charge in [-0.3, -0.25) is 19.2 Å². The Kier molecular flexibility index (Phi) is 12.1. The second kappa shape index (κ2) is 15.2. The Hall–Kier alpha value is -4.45. The minimum atomic E-state index is -1.29. The third-order valence-corrected chi connectivity index (χ3v) is 6.00. The predicted octanol–water partition coefficient (Wildman–Crippen LogP) is -0.0348. The molecule has 4 atom stereocenters. The number of phenols is 1. The van der Waals surface area contributed by atoms with Gasteiger partial charge in [-0.15, -0.1) is 0 Å². The van der Waals surface area contributed by atoms with Crippen molar-refractivity contribution in [2.24, 2.45) is 17.4 Å². The van der Waals surface area contributed by atoms with Gasteiger partial charge >= 0.3 is 5.97 Å². The van der Waals surface area contributed by atoms with Crippen molar-refractivity contribution in [1.82, 2.24) is 16.0 Å². The van der Waals surface area contributed by atoms with Gasteiger partial charge in [0.05, 0.1) is 12.5 Å². The van der Waals surface area contributed by atoms with E-state index in [9.17, 15) is 34.2 Å². The minimum absolute atomic E-state index is 0.00873. The molecular formula is C28H37N5O7. The van der Waals surface area contributed by atoms with E-state index in [0.29, 0.717) is 11.1 Å². The molecule has 12 heteroatoms. The third kappa shape index (κ3) is 10.7. The van der Waals surface area contributed by atoms with Gasteiger partial charge in [-0.2, -0.15) is 0 Å².